The molecule has 29 heavy (non-hydrogen) atoms. The summed E-state index contributed by atoms with van der Waals surface area (Å²) in [5.74, 6) is -0.0518. The second-order valence-electron chi connectivity index (χ2n) is 7.74. The Balaban J connectivity index is 2.20. The van der Waals surface area contributed by atoms with Gasteiger partial charge in [0.2, 0.25) is 11.8 Å². The molecule has 2 rings (SSSR count). The minimum absolute atomic E-state index is 0.0153. The molecule has 0 heterocycles. The average Bonchev–Trinajstić information content (AvgIpc) is 2.72. The maximum absolute atomic E-state index is 13.2. The van der Waals surface area contributed by atoms with E-state index in [9.17, 15) is 9.59 Å². The van der Waals surface area contributed by atoms with Gasteiger partial charge < -0.3 is 10.2 Å². The summed E-state index contributed by atoms with van der Waals surface area (Å²) in [5.41, 5.74) is 3.33. The fraction of sp³-hybridized carbons (Fsp3) is 0.440. The van der Waals surface area contributed by atoms with E-state index in [-0.39, 0.29) is 17.9 Å². The second kappa shape index (κ2) is 11.4. The second-order valence-corrected chi connectivity index (χ2v) is 7.74. The van der Waals surface area contributed by atoms with Crippen LogP contribution < -0.4 is 5.32 Å². The quantitative estimate of drug-likeness (QED) is 0.638. The molecule has 0 aromatic heterocycles. The molecule has 2 aromatic rings. The van der Waals surface area contributed by atoms with Gasteiger partial charge in [0.25, 0.3) is 0 Å². The Hall–Kier alpha value is -2.62. The monoisotopic (exact) mass is 394 g/mol. The van der Waals surface area contributed by atoms with E-state index >= 15 is 0 Å². The summed E-state index contributed by atoms with van der Waals surface area (Å²) >= 11 is 0. The van der Waals surface area contributed by atoms with Gasteiger partial charge in [-0.2, -0.15) is 0 Å². The number of nitrogens with one attached hydrogen (secondary N) is 1. The van der Waals surface area contributed by atoms with Crippen molar-refractivity contribution in [1.82, 2.24) is 10.2 Å². The van der Waals surface area contributed by atoms with Gasteiger partial charge in [-0.15, -0.1) is 0 Å². The molecule has 0 aliphatic rings. The predicted molar refractivity (Wildman–Crippen MR) is 118 cm³/mol. The van der Waals surface area contributed by atoms with Crippen molar-refractivity contribution >= 4 is 11.8 Å². The van der Waals surface area contributed by atoms with Crippen molar-refractivity contribution in [2.45, 2.75) is 72.0 Å². The highest BCUT2D eigenvalue weighted by Crippen LogP contribution is 2.16. The number of hydrogen-bond donors (Lipinski definition) is 1. The molecule has 4 nitrogen and oxygen atoms in total. The summed E-state index contributed by atoms with van der Waals surface area (Å²) < 4.78 is 0. The molecule has 0 aliphatic carbocycles. The van der Waals surface area contributed by atoms with Crippen molar-refractivity contribution in [3.63, 3.8) is 0 Å². The van der Waals surface area contributed by atoms with Crippen molar-refractivity contribution in [1.29, 1.82) is 0 Å². The number of aryl methyl sites for hydroxylation is 2. The largest absolute Gasteiger partial charge is 0.352 e. The molecule has 0 radical (unpaired) electrons. The molecule has 0 unspecified atom stereocenters. The maximum atomic E-state index is 13.2. The number of hydrogen-bond acceptors (Lipinski definition) is 2. The average molecular weight is 395 g/mol. The Morgan fingerprint density at radius 1 is 0.966 bits per heavy atom. The smallest absolute Gasteiger partial charge is 0.243 e. The number of nitrogens with zero attached hydrogens (tertiary/aromatic N) is 1. The van der Waals surface area contributed by atoms with E-state index in [1.165, 1.54) is 0 Å². The van der Waals surface area contributed by atoms with Crippen LogP contribution in [0.1, 0.15) is 56.7 Å². The van der Waals surface area contributed by atoms with Gasteiger partial charge in [-0.3, -0.25) is 9.59 Å². The fourth-order valence-electron chi connectivity index (χ4n) is 3.41. The van der Waals surface area contributed by atoms with Crippen LogP contribution in [0.3, 0.4) is 0 Å². The van der Waals surface area contributed by atoms with E-state index in [4.69, 9.17) is 0 Å². The van der Waals surface area contributed by atoms with Crippen LogP contribution in [-0.4, -0.2) is 28.8 Å². The molecule has 0 saturated carbocycles. The van der Waals surface area contributed by atoms with Crippen molar-refractivity contribution in [2.75, 3.05) is 0 Å². The number of benzene rings is 2. The molecule has 0 spiro atoms. The summed E-state index contributed by atoms with van der Waals surface area (Å²) in [4.78, 5) is 27.9. The number of carbonyl (C=O) groups is 2. The van der Waals surface area contributed by atoms with Gasteiger partial charge in [-0.1, -0.05) is 74.0 Å². The Morgan fingerprint density at radius 2 is 1.66 bits per heavy atom. The van der Waals surface area contributed by atoms with Crippen LogP contribution in [0.4, 0.5) is 0 Å². The number of rotatable bonds is 10. The Kier molecular flexibility index (Phi) is 8.91. The summed E-state index contributed by atoms with van der Waals surface area (Å²) in [6.07, 6.45) is 2.52. The van der Waals surface area contributed by atoms with Gasteiger partial charge in [0.15, 0.2) is 0 Å². The predicted octanol–water partition coefficient (Wildman–Crippen LogP) is 4.65. The Morgan fingerprint density at radius 3 is 2.28 bits per heavy atom. The molecule has 0 saturated heterocycles. The van der Waals surface area contributed by atoms with Crippen molar-refractivity contribution in [3.8, 4) is 0 Å². The molecule has 4 heteroatoms. The highest BCUT2D eigenvalue weighted by atomic mass is 16.2. The lowest BCUT2D eigenvalue weighted by Gasteiger charge is -2.31. The first kappa shape index (κ1) is 22.7. The third kappa shape index (κ3) is 7.04. The molecule has 0 bridgehead atoms. The lowest BCUT2D eigenvalue weighted by Crippen LogP contribution is -2.50. The van der Waals surface area contributed by atoms with Gasteiger partial charge >= 0.3 is 0 Å². The molecule has 1 N–H and O–H groups in total. The number of amides is 2. The molecule has 2 atom stereocenters. The van der Waals surface area contributed by atoms with Crippen LogP contribution in [0.5, 0.6) is 0 Å². The minimum atomic E-state index is -0.465. The Labute approximate surface area is 175 Å². The number of carbonyl (C=O) groups excluding carboxylic acids is 2. The fourth-order valence-corrected chi connectivity index (χ4v) is 3.41. The van der Waals surface area contributed by atoms with Gasteiger partial charge in [0.05, 0.1) is 0 Å². The molecular formula is C25H34N2O2. The summed E-state index contributed by atoms with van der Waals surface area (Å²) in [7, 11) is 0. The zero-order valence-electron chi connectivity index (χ0n) is 18.2. The standard InChI is InChI=1S/C25H34N2O2/c1-5-20(4)26-25(29)23(6-2)27(18-22-14-10-11-19(3)17-22)24(28)16-15-21-12-8-7-9-13-21/h7-14,17,20,23H,5-6,15-16,18H2,1-4H3,(H,26,29)/t20-,23-/m0/s1. The van der Waals surface area contributed by atoms with E-state index < -0.39 is 6.04 Å². The van der Waals surface area contributed by atoms with E-state index in [0.29, 0.717) is 25.8 Å². The molecular weight excluding hydrogens is 360 g/mol. The lowest BCUT2D eigenvalue weighted by molar-refractivity contribution is -0.141. The molecule has 156 valence electrons. The van der Waals surface area contributed by atoms with Crippen molar-refractivity contribution < 1.29 is 9.59 Å². The highest BCUT2D eigenvalue weighted by molar-refractivity contribution is 5.87. The minimum Gasteiger partial charge on any atom is -0.352 e. The van der Waals surface area contributed by atoms with Gasteiger partial charge in [0.1, 0.15) is 6.04 Å². The topological polar surface area (TPSA) is 49.4 Å². The molecule has 0 fully saturated rings. The highest BCUT2D eigenvalue weighted by Gasteiger charge is 2.28. The Bertz CT molecular complexity index is 788. The lowest BCUT2D eigenvalue weighted by atomic mass is 10.0. The molecule has 0 aliphatic heterocycles. The molecule has 2 amide bonds. The van der Waals surface area contributed by atoms with Crippen LogP contribution in [-0.2, 0) is 22.6 Å². The van der Waals surface area contributed by atoms with Crippen LogP contribution in [0.2, 0.25) is 0 Å². The first-order valence-corrected chi connectivity index (χ1v) is 10.6. The van der Waals surface area contributed by atoms with E-state index in [1.807, 2.05) is 76.2 Å². The van der Waals surface area contributed by atoms with Crippen molar-refractivity contribution in [2.24, 2.45) is 0 Å². The zero-order valence-corrected chi connectivity index (χ0v) is 18.2. The third-order valence-corrected chi connectivity index (χ3v) is 5.29. The zero-order chi connectivity index (χ0) is 21.2. The van der Waals surface area contributed by atoms with Crippen molar-refractivity contribution in [3.05, 3.63) is 71.3 Å². The summed E-state index contributed by atoms with van der Waals surface area (Å²) in [5, 5.41) is 3.05. The molecule has 2 aromatic carbocycles. The first-order valence-electron chi connectivity index (χ1n) is 10.6. The van der Waals surface area contributed by atoms with E-state index in [2.05, 4.69) is 11.4 Å². The van der Waals surface area contributed by atoms with Gasteiger partial charge in [-0.25, -0.2) is 0 Å². The summed E-state index contributed by atoms with van der Waals surface area (Å²) in [6.45, 7) is 8.49. The van der Waals surface area contributed by atoms with Crippen LogP contribution in [0.25, 0.3) is 0 Å². The maximum Gasteiger partial charge on any atom is 0.243 e. The van der Waals surface area contributed by atoms with Crippen LogP contribution >= 0.6 is 0 Å². The van der Waals surface area contributed by atoms with Gasteiger partial charge in [0, 0.05) is 19.0 Å². The van der Waals surface area contributed by atoms with E-state index in [0.717, 1.165) is 23.1 Å². The van der Waals surface area contributed by atoms with Gasteiger partial charge in [-0.05, 0) is 44.2 Å². The van der Waals surface area contributed by atoms with Crippen LogP contribution in [0, 0.1) is 6.92 Å². The SMILES string of the molecule is CC[C@H](C)NC(=O)[C@H](CC)N(Cc1cccc(C)c1)C(=O)CCc1ccccc1. The first-order chi connectivity index (χ1) is 13.9. The third-order valence-electron chi connectivity index (χ3n) is 5.29. The normalized spacial score (nSPS) is 12.8. The van der Waals surface area contributed by atoms with E-state index in [1.54, 1.807) is 4.90 Å². The summed E-state index contributed by atoms with van der Waals surface area (Å²) in [6, 6.07) is 17.8. The van der Waals surface area contributed by atoms with Crippen LogP contribution in [0.15, 0.2) is 54.6 Å².